The van der Waals surface area contributed by atoms with Crippen LogP contribution in [0.3, 0.4) is 0 Å². The highest BCUT2D eigenvalue weighted by molar-refractivity contribution is 5.94. The maximum atomic E-state index is 11.9. The summed E-state index contributed by atoms with van der Waals surface area (Å²) in [5.41, 5.74) is 0.579. The van der Waals surface area contributed by atoms with Crippen molar-refractivity contribution in [2.75, 3.05) is 19.8 Å². The van der Waals surface area contributed by atoms with E-state index in [0.717, 1.165) is 12.2 Å². The quantitative estimate of drug-likeness (QED) is 0.561. The first-order valence-electron chi connectivity index (χ1n) is 7.34. The Morgan fingerprint density at radius 3 is 2.48 bits per heavy atom. The largest absolute Gasteiger partial charge is 0.494 e. The molecule has 21 heavy (non-hydrogen) atoms. The molecule has 1 aromatic rings. The molecule has 0 saturated carbocycles. The van der Waals surface area contributed by atoms with Gasteiger partial charge in [-0.25, -0.2) is 0 Å². The van der Waals surface area contributed by atoms with Crippen LogP contribution >= 0.6 is 0 Å². The van der Waals surface area contributed by atoms with Crippen molar-refractivity contribution >= 4 is 11.9 Å². The molecule has 1 aromatic carbocycles. The van der Waals surface area contributed by atoms with E-state index >= 15 is 0 Å². The van der Waals surface area contributed by atoms with Crippen LogP contribution in [0.15, 0.2) is 24.3 Å². The summed E-state index contributed by atoms with van der Waals surface area (Å²) in [6.07, 6.45) is 1.84. The minimum atomic E-state index is -0.232. The molecule has 5 nitrogen and oxygen atoms in total. The van der Waals surface area contributed by atoms with E-state index in [1.54, 1.807) is 31.2 Å². The first-order chi connectivity index (χ1) is 10.2. The molecule has 0 aliphatic carbocycles. The highest BCUT2D eigenvalue weighted by Crippen LogP contribution is 2.12. The Labute approximate surface area is 125 Å². The second-order valence-electron chi connectivity index (χ2n) is 4.54. The predicted octanol–water partition coefficient (Wildman–Crippen LogP) is 2.55. The fraction of sp³-hybridized carbons (Fsp3) is 0.500. The van der Waals surface area contributed by atoms with E-state index in [1.807, 2.05) is 6.92 Å². The molecule has 0 unspecified atom stereocenters. The van der Waals surface area contributed by atoms with Gasteiger partial charge in [0.2, 0.25) is 0 Å². The molecule has 1 rings (SSSR count). The fourth-order valence-corrected chi connectivity index (χ4v) is 1.69. The van der Waals surface area contributed by atoms with Crippen LogP contribution in [0.4, 0.5) is 0 Å². The second kappa shape index (κ2) is 9.80. The molecule has 0 aliphatic heterocycles. The summed E-state index contributed by atoms with van der Waals surface area (Å²) in [4.78, 5) is 23.0. The number of hydrogen-bond donors (Lipinski definition) is 1. The van der Waals surface area contributed by atoms with E-state index in [2.05, 4.69) is 5.32 Å². The van der Waals surface area contributed by atoms with E-state index in [0.29, 0.717) is 38.2 Å². The Hall–Kier alpha value is -2.04. The lowest BCUT2D eigenvalue weighted by Gasteiger charge is -2.07. The zero-order valence-corrected chi connectivity index (χ0v) is 12.7. The molecule has 0 saturated heterocycles. The van der Waals surface area contributed by atoms with Gasteiger partial charge in [-0.15, -0.1) is 0 Å². The summed E-state index contributed by atoms with van der Waals surface area (Å²) in [7, 11) is 0. The first kappa shape index (κ1) is 17.0. The monoisotopic (exact) mass is 293 g/mol. The molecular weight excluding hydrogens is 270 g/mol. The number of benzene rings is 1. The minimum absolute atomic E-state index is 0.152. The summed E-state index contributed by atoms with van der Waals surface area (Å²) >= 11 is 0. The summed E-state index contributed by atoms with van der Waals surface area (Å²) in [6, 6.07) is 7.02. The van der Waals surface area contributed by atoms with Gasteiger partial charge >= 0.3 is 5.97 Å². The lowest BCUT2D eigenvalue weighted by Crippen LogP contribution is -2.25. The molecule has 0 atom stereocenters. The zero-order chi connectivity index (χ0) is 15.5. The summed E-state index contributed by atoms with van der Waals surface area (Å²) in [5.74, 6) is 0.376. The minimum Gasteiger partial charge on any atom is -0.494 e. The number of nitrogens with one attached hydrogen (secondary N) is 1. The smallest absolute Gasteiger partial charge is 0.305 e. The van der Waals surface area contributed by atoms with Crippen molar-refractivity contribution in [3.05, 3.63) is 29.8 Å². The van der Waals surface area contributed by atoms with Crippen LogP contribution in [0.1, 0.15) is 43.5 Å². The van der Waals surface area contributed by atoms with Gasteiger partial charge in [0.15, 0.2) is 0 Å². The van der Waals surface area contributed by atoms with E-state index in [-0.39, 0.29) is 11.9 Å². The molecule has 116 valence electrons. The molecule has 0 aliphatic rings. The van der Waals surface area contributed by atoms with Crippen LogP contribution in [0, 0.1) is 0 Å². The number of ether oxygens (including phenoxy) is 2. The van der Waals surface area contributed by atoms with E-state index in [9.17, 15) is 9.59 Å². The van der Waals surface area contributed by atoms with Crippen LogP contribution < -0.4 is 10.1 Å². The van der Waals surface area contributed by atoms with Gasteiger partial charge in [-0.3, -0.25) is 9.59 Å². The third kappa shape index (κ3) is 6.79. The molecule has 0 fully saturated rings. The topological polar surface area (TPSA) is 64.6 Å². The Bertz CT molecular complexity index is 442. The maximum absolute atomic E-state index is 11.9. The summed E-state index contributed by atoms with van der Waals surface area (Å²) < 4.78 is 10.3. The van der Waals surface area contributed by atoms with Crippen LogP contribution in [0.5, 0.6) is 5.75 Å². The van der Waals surface area contributed by atoms with E-state index < -0.39 is 0 Å². The maximum Gasteiger partial charge on any atom is 0.305 e. The molecule has 0 bridgehead atoms. The molecule has 5 heteroatoms. The lowest BCUT2D eigenvalue weighted by molar-refractivity contribution is -0.143. The highest BCUT2D eigenvalue weighted by Gasteiger charge is 2.06. The summed E-state index contributed by atoms with van der Waals surface area (Å²) in [5, 5.41) is 2.77. The van der Waals surface area contributed by atoms with Gasteiger partial charge in [0.25, 0.3) is 5.91 Å². The van der Waals surface area contributed by atoms with Crippen molar-refractivity contribution in [3.8, 4) is 5.75 Å². The summed E-state index contributed by atoms with van der Waals surface area (Å²) in [6.45, 7) is 5.31. The van der Waals surface area contributed by atoms with Crippen molar-refractivity contribution in [2.24, 2.45) is 0 Å². The van der Waals surface area contributed by atoms with Gasteiger partial charge < -0.3 is 14.8 Å². The Morgan fingerprint density at radius 2 is 1.86 bits per heavy atom. The van der Waals surface area contributed by atoms with Gasteiger partial charge in [0.05, 0.1) is 13.2 Å². The zero-order valence-electron chi connectivity index (χ0n) is 12.7. The molecular formula is C16H23NO4. The third-order valence-electron chi connectivity index (χ3n) is 2.74. The van der Waals surface area contributed by atoms with Gasteiger partial charge in [-0.1, -0.05) is 6.92 Å². The van der Waals surface area contributed by atoms with Crippen LogP contribution in [0.2, 0.25) is 0 Å². The molecule has 0 heterocycles. The van der Waals surface area contributed by atoms with Crippen molar-refractivity contribution in [1.29, 1.82) is 0 Å². The van der Waals surface area contributed by atoms with Crippen LogP contribution in [-0.4, -0.2) is 31.6 Å². The van der Waals surface area contributed by atoms with Gasteiger partial charge in [-0.05, 0) is 44.0 Å². The Balaban J connectivity index is 2.30. The van der Waals surface area contributed by atoms with E-state index in [1.165, 1.54) is 0 Å². The highest BCUT2D eigenvalue weighted by atomic mass is 16.5. The van der Waals surface area contributed by atoms with Gasteiger partial charge in [0.1, 0.15) is 5.75 Å². The van der Waals surface area contributed by atoms with Crippen LogP contribution in [-0.2, 0) is 9.53 Å². The van der Waals surface area contributed by atoms with Crippen molar-refractivity contribution in [1.82, 2.24) is 5.32 Å². The average Bonchev–Trinajstić information content (AvgIpc) is 2.50. The third-order valence-corrected chi connectivity index (χ3v) is 2.74. The number of carbonyl (C=O) groups excluding carboxylic acids is 2. The second-order valence-corrected chi connectivity index (χ2v) is 4.54. The lowest BCUT2D eigenvalue weighted by atomic mass is 10.2. The Kier molecular flexibility index (Phi) is 7.94. The number of rotatable bonds is 9. The molecule has 0 aromatic heterocycles. The van der Waals surface area contributed by atoms with Crippen molar-refractivity contribution < 1.29 is 19.1 Å². The van der Waals surface area contributed by atoms with Crippen LogP contribution in [0.25, 0.3) is 0 Å². The normalized spacial score (nSPS) is 10.0. The number of hydrogen-bond acceptors (Lipinski definition) is 4. The van der Waals surface area contributed by atoms with Crippen molar-refractivity contribution in [3.63, 3.8) is 0 Å². The van der Waals surface area contributed by atoms with Crippen molar-refractivity contribution in [2.45, 2.75) is 33.1 Å². The SMILES string of the molecule is CCCOc1ccc(C(=O)NCCCC(=O)OCC)cc1. The molecule has 1 N–H and O–H groups in total. The molecule has 0 radical (unpaired) electrons. The fourth-order valence-electron chi connectivity index (χ4n) is 1.69. The van der Waals surface area contributed by atoms with Gasteiger partial charge in [-0.2, -0.15) is 0 Å². The average molecular weight is 293 g/mol. The van der Waals surface area contributed by atoms with Gasteiger partial charge in [0, 0.05) is 18.5 Å². The Morgan fingerprint density at radius 1 is 1.14 bits per heavy atom. The number of carbonyl (C=O) groups is 2. The number of amides is 1. The molecule has 1 amide bonds. The predicted molar refractivity (Wildman–Crippen MR) is 80.4 cm³/mol. The van der Waals surface area contributed by atoms with E-state index in [4.69, 9.17) is 9.47 Å². The molecule has 0 spiro atoms. The number of esters is 1. The first-order valence-corrected chi connectivity index (χ1v) is 7.34. The standard InChI is InChI=1S/C16H23NO4/c1-3-12-21-14-9-7-13(8-10-14)16(19)17-11-5-6-15(18)20-4-2/h7-10H,3-6,11-12H2,1-2H3,(H,17,19).